The second-order valence-corrected chi connectivity index (χ2v) is 1.95. The summed E-state index contributed by atoms with van der Waals surface area (Å²) in [6, 6.07) is 0. The topological polar surface area (TPSA) is 29.3 Å². The Morgan fingerprint density at radius 3 is 1.78 bits per heavy atom. The van der Waals surface area contributed by atoms with Gasteiger partial charge in [0.05, 0.1) is 0 Å². The van der Waals surface area contributed by atoms with E-state index in [1.54, 1.807) is 0 Å². The van der Waals surface area contributed by atoms with Crippen molar-refractivity contribution in [2.45, 2.75) is 6.42 Å². The van der Waals surface area contributed by atoms with Crippen LogP contribution in [0.15, 0.2) is 0 Å². The zero-order chi connectivity index (χ0) is 5.70. The van der Waals surface area contributed by atoms with Crippen molar-refractivity contribution in [1.29, 1.82) is 0 Å². The van der Waals surface area contributed by atoms with Crippen molar-refractivity contribution < 1.29 is 0 Å². The van der Waals surface area contributed by atoms with Crippen LogP contribution in [0.2, 0.25) is 0 Å². The molecule has 0 fully saturated rings. The molecule has 9 heavy (non-hydrogen) atoms. The zero-order valence-electron chi connectivity index (χ0n) is 5.96. The molecule has 0 heterocycles. The summed E-state index contributed by atoms with van der Waals surface area (Å²) in [5.74, 6) is 0. The molecule has 0 aliphatic rings. The van der Waals surface area contributed by atoms with Gasteiger partial charge in [-0.1, -0.05) is 0 Å². The summed E-state index contributed by atoms with van der Waals surface area (Å²) in [7, 11) is 4.10. The normalized spacial score (nSPS) is 8.00. The Labute approximate surface area is 69.6 Å². The largest absolute Gasteiger partial charge is 0.330 e. The standard InChI is InChI=1S/C5H14N2.2ClH/c1-7(2)5-3-4-6;;/h3-6H2,1-2H3;2*1H. The zero-order valence-corrected chi connectivity index (χ0v) is 7.60. The maximum atomic E-state index is 5.25. The van der Waals surface area contributed by atoms with Crippen molar-refractivity contribution in [1.82, 2.24) is 4.90 Å². The van der Waals surface area contributed by atoms with E-state index in [4.69, 9.17) is 5.73 Å². The van der Waals surface area contributed by atoms with Gasteiger partial charge in [0.1, 0.15) is 0 Å². The Bertz CT molecular complexity index is 41.9. The van der Waals surface area contributed by atoms with Crippen molar-refractivity contribution in [2.75, 3.05) is 27.2 Å². The summed E-state index contributed by atoms with van der Waals surface area (Å²) in [6.07, 6.45) is 1.10. The first-order valence-electron chi connectivity index (χ1n) is 2.62. The Morgan fingerprint density at radius 2 is 1.67 bits per heavy atom. The molecule has 0 bridgehead atoms. The molecule has 0 aromatic carbocycles. The molecule has 0 aromatic heterocycles. The molecule has 0 aromatic rings. The minimum atomic E-state index is 0. The number of hydrogen-bond donors (Lipinski definition) is 1. The Balaban J connectivity index is -0.000000180. The van der Waals surface area contributed by atoms with Crippen molar-refractivity contribution in [3.63, 3.8) is 0 Å². The second kappa shape index (κ2) is 11.3. The summed E-state index contributed by atoms with van der Waals surface area (Å²) >= 11 is 0. The van der Waals surface area contributed by atoms with Crippen molar-refractivity contribution >= 4 is 24.8 Å². The maximum absolute atomic E-state index is 5.25. The van der Waals surface area contributed by atoms with Gasteiger partial charge >= 0.3 is 0 Å². The third-order valence-electron chi connectivity index (χ3n) is 0.809. The third-order valence-corrected chi connectivity index (χ3v) is 0.809. The van der Waals surface area contributed by atoms with Crippen LogP contribution in [0, 0.1) is 0 Å². The van der Waals surface area contributed by atoms with Gasteiger partial charge in [-0.05, 0) is 33.6 Å². The van der Waals surface area contributed by atoms with E-state index in [0.717, 1.165) is 19.5 Å². The van der Waals surface area contributed by atoms with Gasteiger partial charge in [-0.15, -0.1) is 24.8 Å². The lowest BCUT2D eigenvalue weighted by Gasteiger charge is -2.05. The quantitative estimate of drug-likeness (QED) is 0.685. The van der Waals surface area contributed by atoms with E-state index in [9.17, 15) is 0 Å². The lowest BCUT2D eigenvalue weighted by atomic mass is 10.4. The smallest absolute Gasteiger partial charge is 0.00128 e. The highest BCUT2D eigenvalue weighted by molar-refractivity contribution is 5.85. The summed E-state index contributed by atoms with van der Waals surface area (Å²) < 4.78 is 0. The first-order chi connectivity index (χ1) is 3.27. The van der Waals surface area contributed by atoms with Crippen LogP contribution in [0.1, 0.15) is 6.42 Å². The van der Waals surface area contributed by atoms with E-state index in [-0.39, 0.29) is 24.8 Å². The minimum absolute atomic E-state index is 0. The molecule has 0 radical (unpaired) electrons. The SMILES string of the molecule is CN(C)CCCN.Cl.Cl. The second-order valence-electron chi connectivity index (χ2n) is 1.95. The predicted octanol–water partition coefficient (Wildman–Crippen LogP) is 0.740. The molecule has 0 spiro atoms. The van der Waals surface area contributed by atoms with Gasteiger partial charge in [-0.25, -0.2) is 0 Å². The van der Waals surface area contributed by atoms with E-state index in [1.807, 2.05) is 0 Å². The molecule has 0 unspecified atom stereocenters. The monoisotopic (exact) mass is 174 g/mol. The summed E-state index contributed by atoms with van der Waals surface area (Å²) in [5.41, 5.74) is 5.25. The highest BCUT2D eigenvalue weighted by atomic mass is 35.5. The molecule has 0 saturated heterocycles. The third kappa shape index (κ3) is 17.7. The van der Waals surface area contributed by atoms with Crippen LogP contribution >= 0.6 is 24.8 Å². The van der Waals surface area contributed by atoms with Crippen LogP contribution in [0.5, 0.6) is 0 Å². The average molecular weight is 175 g/mol. The lowest BCUT2D eigenvalue weighted by Crippen LogP contribution is -2.16. The molecular weight excluding hydrogens is 159 g/mol. The lowest BCUT2D eigenvalue weighted by molar-refractivity contribution is 0.403. The van der Waals surface area contributed by atoms with Crippen LogP contribution in [0.3, 0.4) is 0 Å². The van der Waals surface area contributed by atoms with Crippen LogP contribution in [-0.2, 0) is 0 Å². The van der Waals surface area contributed by atoms with Crippen LogP contribution in [0.25, 0.3) is 0 Å². The van der Waals surface area contributed by atoms with E-state index in [2.05, 4.69) is 19.0 Å². The van der Waals surface area contributed by atoms with E-state index in [0.29, 0.717) is 0 Å². The van der Waals surface area contributed by atoms with Crippen LogP contribution in [0.4, 0.5) is 0 Å². The number of nitrogens with zero attached hydrogens (tertiary/aromatic N) is 1. The molecule has 2 nitrogen and oxygen atoms in total. The van der Waals surface area contributed by atoms with Gasteiger partial charge in [-0.2, -0.15) is 0 Å². The van der Waals surface area contributed by atoms with Crippen LogP contribution < -0.4 is 5.73 Å². The van der Waals surface area contributed by atoms with Gasteiger partial charge in [0, 0.05) is 0 Å². The molecule has 0 rings (SSSR count). The van der Waals surface area contributed by atoms with Gasteiger partial charge in [0.15, 0.2) is 0 Å². The Morgan fingerprint density at radius 1 is 1.22 bits per heavy atom. The van der Waals surface area contributed by atoms with Gasteiger partial charge in [-0.3, -0.25) is 0 Å². The highest BCUT2D eigenvalue weighted by Gasteiger charge is 1.83. The fourth-order valence-electron chi connectivity index (χ4n) is 0.408. The Hall–Kier alpha value is 0.500. The summed E-state index contributed by atoms with van der Waals surface area (Å²) in [5, 5.41) is 0. The molecule has 4 heteroatoms. The van der Waals surface area contributed by atoms with Gasteiger partial charge in [0.25, 0.3) is 0 Å². The van der Waals surface area contributed by atoms with E-state index in [1.165, 1.54) is 0 Å². The maximum Gasteiger partial charge on any atom is -0.00128 e. The fourth-order valence-corrected chi connectivity index (χ4v) is 0.408. The van der Waals surface area contributed by atoms with Crippen LogP contribution in [-0.4, -0.2) is 32.1 Å². The van der Waals surface area contributed by atoms with Crippen molar-refractivity contribution in [3.8, 4) is 0 Å². The predicted molar refractivity (Wildman–Crippen MR) is 46.7 cm³/mol. The molecule has 0 amide bonds. The Kier molecular flexibility index (Phi) is 20.4. The van der Waals surface area contributed by atoms with Gasteiger partial charge in [0.2, 0.25) is 0 Å². The molecule has 2 N–H and O–H groups in total. The number of nitrogens with two attached hydrogens (primary N) is 1. The highest BCUT2D eigenvalue weighted by Crippen LogP contribution is 1.76. The fraction of sp³-hybridized carbons (Fsp3) is 1.00. The molecule has 0 saturated carbocycles. The molecule has 60 valence electrons. The number of rotatable bonds is 3. The number of halogens is 2. The van der Waals surface area contributed by atoms with E-state index >= 15 is 0 Å². The summed E-state index contributed by atoms with van der Waals surface area (Å²) in [6.45, 7) is 1.91. The molecule has 0 atom stereocenters. The molecule has 0 aliphatic carbocycles. The van der Waals surface area contributed by atoms with Crippen molar-refractivity contribution in [2.24, 2.45) is 5.73 Å². The number of hydrogen-bond acceptors (Lipinski definition) is 2. The first kappa shape index (κ1) is 16.2. The molecular formula is C5H16Cl2N2. The summed E-state index contributed by atoms with van der Waals surface area (Å²) in [4.78, 5) is 2.13. The minimum Gasteiger partial charge on any atom is -0.330 e. The average Bonchev–Trinajstić information content (AvgIpc) is 1.61. The first-order valence-corrected chi connectivity index (χ1v) is 2.62. The van der Waals surface area contributed by atoms with Crippen molar-refractivity contribution in [3.05, 3.63) is 0 Å². The molecule has 0 aliphatic heterocycles. The van der Waals surface area contributed by atoms with Gasteiger partial charge < -0.3 is 10.6 Å². The van der Waals surface area contributed by atoms with E-state index < -0.39 is 0 Å².